The van der Waals surface area contributed by atoms with Crippen molar-refractivity contribution in [1.29, 1.82) is 0 Å². The highest BCUT2D eigenvalue weighted by Gasteiger charge is 2.23. The minimum Gasteiger partial charge on any atom is -0.365 e. The molecule has 1 aliphatic rings. The standard InChI is InChI=1S/C14H13ClN4O/c1-8-6-17-14-11(13(16)20)7-18-19(14)12(8)9-3-2-4-10(15)5-9/h2-5,7,17H,6H2,1H3,(H2,16,20). The van der Waals surface area contributed by atoms with Crippen molar-refractivity contribution in [1.82, 2.24) is 9.78 Å². The summed E-state index contributed by atoms with van der Waals surface area (Å²) in [6.45, 7) is 2.64. The van der Waals surface area contributed by atoms with Crippen molar-refractivity contribution >= 4 is 29.0 Å². The van der Waals surface area contributed by atoms with E-state index in [0.29, 0.717) is 22.9 Å². The second-order valence-electron chi connectivity index (χ2n) is 4.68. The minimum atomic E-state index is -0.497. The fourth-order valence-electron chi connectivity index (χ4n) is 2.35. The molecule has 0 saturated carbocycles. The van der Waals surface area contributed by atoms with Crippen LogP contribution in [-0.2, 0) is 0 Å². The first kappa shape index (κ1) is 12.7. The molecular weight excluding hydrogens is 276 g/mol. The van der Waals surface area contributed by atoms with E-state index in [2.05, 4.69) is 10.4 Å². The van der Waals surface area contributed by atoms with Crippen LogP contribution >= 0.6 is 11.6 Å². The number of hydrogen-bond donors (Lipinski definition) is 2. The molecule has 1 aromatic carbocycles. The van der Waals surface area contributed by atoms with Crippen molar-refractivity contribution in [2.24, 2.45) is 5.73 Å². The van der Waals surface area contributed by atoms with Crippen molar-refractivity contribution in [3.8, 4) is 0 Å². The Morgan fingerprint density at radius 1 is 1.50 bits per heavy atom. The molecule has 1 aromatic heterocycles. The van der Waals surface area contributed by atoms with Crippen molar-refractivity contribution in [2.75, 3.05) is 11.9 Å². The number of carbonyl (C=O) groups is 1. The van der Waals surface area contributed by atoms with Gasteiger partial charge in [0.05, 0.1) is 11.9 Å². The number of nitrogens with two attached hydrogens (primary N) is 1. The number of fused-ring (bicyclic) bond motifs is 1. The fourth-order valence-corrected chi connectivity index (χ4v) is 2.54. The molecule has 102 valence electrons. The molecule has 0 aliphatic carbocycles. The number of benzene rings is 1. The van der Waals surface area contributed by atoms with Gasteiger partial charge in [0, 0.05) is 17.1 Å². The summed E-state index contributed by atoms with van der Waals surface area (Å²) in [5.41, 5.74) is 8.73. The average molecular weight is 289 g/mol. The normalized spacial score (nSPS) is 13.9. The Hall–Kier alpha value is -2.27. The van der Waals surface area contributed by atoms with Crippen LogP contribution in [-0.4, -0.2) is 22.2 Å². The van der Waals surface area contributed by atoms with Gasteiger partial charge in [-0.1, -0.05) is 23.7 Å². The lowest BCUT2D eigenvalue weighted by molar-refractivity contribution is 0.100. The molecule has 3 N–H and O–H groups in total. The SMILES string of the molecule is CC1=C(c2cccc(Cl)c2)n2ncc(C(N)=O)c2NC1. The lowest BCUT2D eigenvalue weighted by Gasteiger charge is -2.22. The Kier molecular flexibility index (Phi) is 2.99. The summed E-state index contributed by atoms with van der Waals surface area (Å²) in [5, 5.41) is 8.09. The Balaban J connectivity index is 2.19. The van der Waals surface area contributed by atoms with Gasteiger partial charge in [0.2, 0.25) is 0 Å². The molecule has 3 rings (SSSR count). The Morgan fingerprint density at radius 3 is 3.00 bits per heavy atom. The van der Waals surface area contributed by atoms with E-state index in [4.69, 9.17) is 17.3 Å². The predicted molar refractivity (Wildman–Crippen MR) is 78.7 cm³/mol. The van der Waals surface area contributed by atoms with Crippen LogP contribution in [0.2, 0.25) is 5.02 Å². The molecule has 20 heavy (non-hydrogen) atoms. The van der Waals surface area contributed by atoms with Gasteiger partial charge in [0.1, 0.15) is 11.4 Å². The number of anilines is 1. The third-order valence-electron chi connectivity index (χ3n) is 3.27. The van der Waals surface area contributed by atoms with Gasteiger partial charge in [-0.2, -0.15) is 5.10 Å². The van der Waals surface area contributed by atoms with Gasteiger partial charge in [0.15, 0.2) is 0 Å². The summed E-state index contributed by atoms with van der Waals surface area (Å²) >= 11 is 6.05. The van der Waals surface area contributed by atoms with Gasteiger partial charge < -0.3 is 11.1 Å². The zero-order chi connectivity index (χ0) is 14.3. The van der Waals surface area contributed by atoms with Crippen LogP contribution in [0.3, 0.4) is 0 Å². The molecule has 5 nitrogen and oxygen atoms in total. The first-order valence-electron chi connectivity index (χ1n) is 6.15. The summed E-state index contributed by atoms with van der Waals surface area (Å²) in [6, 6.07) is 7.55. The topological polar surface area (TPSA) is 72.9 Å². The largest absolute Gasteiger partial charge is 0.365 e. The molecule has 1 amide bonds. The van der Waals surface area contributed by atoms with E-state index in [0.717, 1.165) is 16.8 Å². The number of primary amides is 1. The maximum atomic E-state index is 11.4. The molecule has 0 radical (unpaired) electrons. The van der Waals surface area contributed by atoms with E-state index < -0.39 is 5.91 Å². The van der Waals surface area contributed by atoms with Crippen LogP contribution < -0.4 is 11.1 Å². The van der Waals surface area contributed by atoms with Crippen LogP contribution in [0.25, 0.3) is 5.70 Å². The van der Waals surface area contributed by atoms with E-state index in [1.807, 2.05) is 31.2 Å². The molecule has 1 aliphatic heterocycles. The Labute approximate surface area is 121 Å². The summed E-state index contributed by atoms with van der Waals surface area (Å²) in [5.74, 6) is 0.127. The van der Waals surface area contributed by atoms with E-state index in [9.17, 15) is 4.79 Å². The van der Waals surface area contributed by atoms with Crippen molar-refractivity contribution < 1.29 is 4.79 Å². The Morgan fingerprint density at radius 2 is 2.30 bits per heavy atom. The van der Waals surface area contributed by atoms with Gasteiger partial charge in [-0.3, -0.25) is 4.79 Å². The number of amides is 1. The van der Waals surface area contributed by atoms with Crippen LogP contribution in [0.5, 0.6) is 0 Å². The quantitative estimate of drug-likeness (QED) is 0.891. The maximum Gasteiger partial charge on any atom is 0.254 e. The van der Waals surface area contributed by atoms with Gasteiger partial charge in [-0.05, 0) is 24.6 Å². The van der Waals surface area contributed by atoms with Gasteiger partial charge in [0.25, 0.3) is 5.91 Å². The number of rotatable bonds is 2. The fraction of sp³-hybridized carbons (Fsp3) is 0.143. The number of nitrogens with zero attached hydrogens (tertiary/aromatic N) is 2. The number of carbonyl (C=O) groups excluding carboxylic acids is 1. The maximum absolute atomic E-state index is 11.4. The first-order valence-corrected chi connectivity index (χ1v) is 6.53. The predicted octanol–water partition coefficient (Wildman–Crippen LogP) is 2.34. The molecule has 0 unspecified atom stereocenters. The number of halogens is 1. The number of hydrogen-bond acceptors (Lipinski definition) is 3. The zero-order valence-corrected chi connectivity index (χ0v) is 11.6. The third-order valence-corrected chi connectivity index (χ3v) is 3.50. The zero-order valence-electron chi connectivity index (χ0n) is 10.9. The molecule has 0 atom stereocenters. The monoisotopic (exact) mass is 288 g/mol. The molecular formula is C14H13ClN4O. The first-order chi connectivity index (χ1) is 9.58. The number of aromatic nitrogens is 2. The summed E-state index contributed by atoms with van der Waals surface area (Å²) < 4.78 is 1.70. The van der Waals surface area contributed by atoms with E-state index in [-0.39, 0.29) is 0 Å². The lowest BCUT2D eigenvalue weighted by atomic mass is 10.1. The molecule has 0 bridgehead atoms. The highest BCUT2D eigenvalue weighted by atomic mass is 35.5. The van der Waals surface area contributed by atoms with Gasteiger partial charge >= 0.3 is 0 Å². The van der Waals surface area contributed by atoms with E-state index >= 15 is 0 Å². The van der Waals surface area contributed by atoms with E-state index in [1.54, 1.807) is 4.68 Å². The van der Waals surface area contributed by atoms with Crippen LogP contribution in [0.1, 0.15) is 22.8 Å². The summed E-state index contributed by atoms with van der Waals surface area (Å²) in [6.07, 6.45) is 1.48. The lowest BCUT2D eigenvalue weighted by Crippen LogP contribution is -2.21. The minimum absolute atomic E-state index is 0.386. The van der Waals surface area contributed by atoms with Crippen molar-refractivity contribution in [2.45, 2.75) is 6.92 Å². The molecule has 2 heterocycles. The Bertz CT molecular complexity index is 733. The molecule has 0 fully saturated rings. The van der Waals surface area contributed by atoms with Crippen LogP contribution in [0.15, 0.2) is 36.0 Å². The van der Waals surface area contributed by atoms with Gasteiger partial charge in [-0.15, -0.1) is 0 Å². The summed E-state index contributed by atoms with van der Waals surface area (Å²) in [7, 11) is 0. The molecule has 0 spiro atoms. The van der Waals surface area contributed by atoms with Crippen molar-refractivity contribution in [3.05, 3.63) is 52.2 Å². The van der Waals surface area contributed by atoms with E-state index in [1.165, 1.54) is 6.20 Å². The second kappa shape index (κ2) is 4.68. The summed E-state index contributed by atoms with van der Waals surface area (Å²) in [4.78, 5) is 11.4. The number of nitrogens with one attached hydrogen (secondary N) is 1. The molecule has 6 heteroatoms. The van der Waals surface area contributed by atoms with Crippen molar-refractivity contribution in [3.63, 3.8) is 0 Å². The second-order valence-corrected chi connectivity index (χ2v) is 5.11. The van der Waals surface area contributed by atoms with Crippen LogP contribution in [0.4, 0.5) is 5.82 Å². The average Bonchev–Trinajstić information content (AvgIpc) is 2.82. The van der Waals surface area contributed by atoms with Gasteiger partial charge in [-0.25, -0.2) is 4.68 Å². The third kappa shape index (κ3) is 1.96. The highest BCUT2D eigenvalue weighted by Crippen LogP contribution is 2.31. The molecule has 0 saturated heterocycles. The molecule has 2 aromatic rings. The van der Waals surface area contributed by atoms with Crippen LogP contribution in [0, 0.1) is 0 Å². The smallest absolute Gasteiger partial charge is 0.254 e. The highest BCUT2D eigenvalue weighted by molar-refractivity contribution is 6.30.